The van der Waals surface area contributed by atoms with Gasteiger partial charge in [-0.2, -0.15) is 0 Å². The Morgan fingerprint density at radius 3 is 2.45 bits per heavy atom. The zero-order chi connectivity index (χ0) is 15.0. The molecular weight excluding hydrogens is 254 g/mol. The zero-order valence-corrected chi connectivity index (χ0v) is 12.5. The number of nitrogens with two attached hydrogens (primary N) is 1. The first-order chi connectivity index (χ1) is 9.54. The third kappa shape index (κ3) is 5.72. The van der Waals surface area contributed by atoms with Crippen molar-refractivity contribution in [3.8, 4) is 0 Å². The van der Waals surface area contributed by atoms with Crippen LogP contribution in [0.3, 0.4) is 0 Å². The van der Waals surface area contributed by atoms with Crippen LogP contribution in [0, 0.1) is 0 Å². The maximum Gasteiger partial charge on any atom is 0.322 e. The van der Waals surface area contributed by atoms with Crippen molar-refractivity contribution in [2.75, 3.05) is 6.61 Å². The molecule has 0 bridgehead atoms. The summed E-state index contributed by atoms with van der Waals surface area (Å²) in [6.07, 6.45) is 1.09. The van der Waals surface area contributed by atoms with E-state index in [-0.39, 0.29) is 12.2 Å². The van der Waals surface area contributed by atoms with Gasteiger partial charge in [0.2, 0.25) is 0 Å². The van der Waals surface area contributed by atoms with Gasteiger partial charge in [-0.3, -0.25) is 4.79 Å². The van der Waals surface area contributed by atoms with Crippen LogP contribution in [0.5, 0.6) is 0 Å². The number of carbonyl (C=O) groups is 1. The third-order valence-corrected chi connectivity index (χ3v) is 3.03. The lowest BCUT2D eigenvalue weighted by Gasteiger charge is -2.25. The van der Waals surface area contributed by atoms with E-state index >= 15 is 0 Å². The van der Waals surface area contributed by atoms with Crippen LogP contribution in [-0.2, 0) is 20.7 Å². The van der Waals surface area contributed by atoms with Crippen LogP contribution in [-0.4, -0.2) is 30.8 Å². The van der Waals surface area contributed by atoms with Crippen LogP contribution in [0.25, 0.3) is 0 Å². The van der Waals surface area contributed by atoms with Crippen LogP contribution >= 0.6 is 0 Å². The Kier molecular flexibility index (Phi) is 7.26. The number of carbonyl (C=O) groups excluding carboxylic acids is 1. The van der Waals surface area contributed by atoms with Gasteiger partial charge in [-0.15, -0.1) is 0 Å². The molecule has 0 amide bonds. The molecule has 4 nitrogen and oxygen atoms in total. The summed E-state index contributed by atoms with van der Waals surface area (Å²) in [5.74, 6) is -0.391. The topological polar surface area (TPSA) is 61.5 Å². The summed E-state index contributed by atoms with van der Waals surface area (Å²) >= 11 is 0. The molecule has 1 aromatic rings. The first-order valence-corrected chi connectivity index (χ1v) is 7.16. The van der Waals surface area contributed by atoms with Crippen LogP contribution < -0.4 is 5.73 Å². The van der Waals surface area contributed by atoms with Gasteiger partial charge in [-0.25, -0.2) is 0 Å². The molecule has 0 aliphatic carbocycles. The van der Waals surface area contributed by atoms with Crippen LogP contribution in [0.1, 0.15) is 32.8 Å². The van der Waals surface area contributed by atoms with E-state index < -0.39 is 12.0 Å². The molecule has 0 fully saturated rings. The Hall–Kier alpha value is -1.39. The predicted molar refractivity (Wildman–Crippen MR) is 79.4 cm³/mol. The molecule has 0 aromatic heterocycles. The van der Waals surface area contributed by atoms with Crippen molar-refractivity contribution in [1.29, 1.82) is 0 Å². The van der Waals surface area contributed by atoms with E-state index in [9.17, 15) is 4.79 Å². The molecule has 0 unspecified atom stereocenters. The summed E-state index contributed by atoms with van der Waals surface area (Å²) in [4.78, 5) is 11.7. The molecule has 0 spiro atoms. The number of rotatable bonds is 8. The molecule has 1 rings (SSSR count). The van der Waals surface area contributed by atoms with E-state index in [4.69, 9.17) is 15.2 Å². The Bertz CT molecular complexity index is 392. The summed E-state index contributed by atoms with van der Waals surface area (Å²) in [7, 11) is 0. The van der Waals surface area contributed by atoms with Gasteiger partial charge < -0.3 is 15.2 Å². The minimum absolute atomic E-state index is 0.155. The fourth-order valence-electron chi connectivity index (χ4n) is 1.82. The number of esters is 1. The van der Waals surface area contributed by atoms with Gasteiger partial charge in [0, 0.05) is 13.0 Å². The molecule has 0 radical (unpaired) electrons. The highest BCUT2D eigenvalue weighted by atomic mass is 16.6. The molecule has 2 N–H and O–H groups in total. The van der Waals surface area contributed by atoms with E-state index in [1.165, 1.54) is 0 Å². The van der Waals surface area contributed by atoms with Crippen molar-refractivity contribution < 1.29 is 14.3 Å². The first-order valence-electron chi connectivity index (χ1n) is 7.16. The normalized spacial score (nSPS) is 15.4. The number of hydrogen-bond acceptors (Lipinski definition) is 4. The molecule has 3 atom stereocenters. The van der Waals surface area contributed by atoms with Crippen molar-refractivity contribution in [1.82, 2.24) is 0 Å². The van der Waals surface area contributed by atoms with Gasteiger partial charge >= 0.3 is 5.97 Å². The lowest BCUT2D eigenvalue weighted by molar-refractivity contribution is -0.157. The predicted octanol–water partition coefficient (Wildman–Crippen LogP) is 2.30. The van der Waals surface area contributed by atoms with Gasteiger partial charge in [-0.05, 0) is 25.8 Å². The van der Waals surface area contributed by atoms with Crippen molar-refractivity contribution in [2.24, 2.45) is 5.73 Å². The summed E-state index contributed by atoms with van der Waals surface area (Å²) in [6, 6.07) is 9.31. The molecule has 112 valence electrons. The molecule has 4 heteroatoms. The Morgan fingerprint density at radius 2 is 1.90 bits per heavy atom. The van der Waals surface area contributed by atoms with Gasteiger partial charge in [0.05, 0.1) is 6.10 Å². The van der Waals surface area contributed by atoms with E-state index in [0.717, 1.165) is 12.0 Å². The zero-order valence-electron chi connectivity index (χ0n) is 12.5. The van der Waals surface area contributed by atoms with E-state index in [2.05, 4.69) is 0 Å². The van der Waals surface area contributed by atoms with Crippen molar-refractivity contribution >= 4 is 5.97 Å². The standard InChI is InChI=1S/C16H25NO3/c1-4-10-19-13(3)15(20-16(18)12(2)17)11-14-8-6-5-7-9-14/h5-9,12-13,15H,4,10-11,17H2,1-3H3/t12-,13-,15+/m0/s1. The molecule has 0 aliphatic rings. The lowest BCUT2D eigenvalue weighted by atomic mass is 10.0. The first kappa shape index (κ1) is 16.7. The summed E-state index contributed by atoms with van der Waals surface area (Å²) in [6.45, 7) is 6.26. The highest BCUT2D eigenvalue weighted by Crippen LogP contribution is 2.13. The van der Waals surface area contributed by atoms with Gasteiger partial charge in [0.1, 0.15) is 12.1 Å². The minimum Gasteiger partial charge on any atom is -0.458 e. The van der Waals surface area contributed by atoms with E-state index in [0.29, 0.717) is 13.0 Å². The average molecular weight is 279 g/mol. The fourth-order valence-corrected chi connectivity index (χ4v) is 1.82. The largest absolute Gasteiger partial charge is 0.458 e. The van der Waals surface area contributed by atoms with E-state index in [1.807, 2.05) is 44.2 Å². The van der Waals surface area contributed by atoms with E-state index in [1.54, 1.807) is 6.92 Å². The number of hydrogen-bond donors (Lipinski definition) is 1. The molecule has 0 saturated carbocycles. The Balaban J connectivity index is 2.70. The maximum absolute atomic E-state index is 11.7. The Morgan fingerprint density at radius 1 is 1.25 bits per heavy atom. The molecule has 20 heavy (non-hydrogen) atoms. The average Bonchev–Trinajstić information content (AvgIpc) is 2.44. The third-order valence-electron chi connectivity index (χ3n) is 3.03. The van der Waals surface area contributed by atoms with Gasteiger partial charge in [0.15, 0.2) is 0 Å². The SMILES string of the molecule is CCCO[C@@H](C)[C@@H](Cc1ccccc1)OC(=O)[C@H](C)N. The minimum atomic E-state index is -0.619. The second kappa shape index (κ2) is 8.72. The number of benzene rings is 1. The molecule has 0 aliphatic heterocycles. The molecule has 0 saturated heterocycles. The van der Waals surface area contributed by atoms with Crippen LogP contribution in [0.4, 0.5) is 0 Å². The van der Waals surface area contributed by atoms with Crippen molar-refractivity contribution in [3.05, 3.63) is 35.9 Å². The fraction of sp³-hybridized carbons (Fsp3) is 0.562. The molecular formula is C16H25NO3. The van der Waals surface area contributed by atoms with Crippen LogP contribution in [0.15, 0.2) is 30.3 Å². The summed E-state index contributed by atoms with van der Waals surface area (Å²) < 4.78 is 11.2. The summed E-state index contributed by atoms with van der Waals surface area (Å²) in [5, 5.41) is 0. The molecule has 0 heterocycles. The summed E-state index contributed by atoms with van der Waals surface area (Å²) in [5.41, 5.74) is 6.68. The quantitative estimate of drug-likeness (QED) is 0.742. The second-order valence-corrected chi connectivity index (χ2v) is 5.03. The van der Waals surface area contributed by atoms with Crippen molar-refractivity contribution in [2.45, 2.75) is 51.9 Å². The monoisotopic (exact) mass is 279 g/mol. The highest BCUT2D eigenvalue weighted by molar-refractivity contribution is 5.75. The Labute approximate surface area is 121 Å². The van der Waals surface area contributed by atoms with Gasteiger partial charge in [-0.1, -0.05) is 37.3 Å². The molecule has 1 aromatic carbocycles. The smallest absolute Gasteiger partial charge is 0.322 e. The highest BCUT2D eigenvalue weighted by Gasteiger charge is 2.24. The van der Waals surface area contributed by atoms with Gasteiger partial charge in [0.25, 0.3) is 0 Å². The van der Waals surface area contributed by atoms with Crippen LogP contribution in [0.2, 0.25) is 0 Å². The number of ether oxygens (including phenoxy) is 2. The maximum atomic E-state index is 11.7. The second-order valence-electron chi connectivity index (χ2n) is 5.03. The lowest BCUT2D eigenvalue weighted by Crippen LogP contribution is -2.38. The van der Waals surface area contributed by atoms with Crippen molar-refractivity contribution in [3.63, 3.8) is 0 Å².